The van der Waals surface area contributed by atoms with E-state index in [1.54, 1.807) is 44.2 Å². The number of amides is 2. The van der Waals surface area contributed by atoms with Crippen LogP contribution in [0.4, 0.5) is 5.69 Å². The van der Waals surface area contributed by atoms with Gasteiger partial charge in [0.25, 0.3) is 5.91 Å². The molecule has 2 amide bonds. The zero-order chi connectivity index (χ0) is 23.9. The summed E-state index contributed by atoms with van der Waals surface area (Å²) in [4.78, 5) is 43.5. The van der Waals surface area contributed by atoms with Crippen molar-refractivity contribution in [2.75, 3.05) is 24.7 Å². The van der Waals surface area contributed by atoms with Crippen LogP contribution in [-0.4, -0.2) is 71.3 Å². The lowest BCUT2D eigenvalue weighted by Crippen LogP contribution is -2.58. The molecule has 178 valence electrons. The maximum absolute atomic E-state index is 14.1. The minimum atomic E-state index is -1.15. The van der Waals surface area contributed by atoms with Crippen molar-refractivity contribution in [1.82, 2.24) is 4.90 Å². The van der Waals surface area contributed by atoms with Crippen molar-refractivity contribution in [2.24, 2.45) is 11.8 Å². The Hall–Kier alpha value is -2.42. The number of hydrogen-bond donors (Lipinski definition) is 1. The van der Waals surface area contributed by atoms with Crippen LogP contribution in [0.3, 0.4) is 0 Å². The third-order valence-electron chi connectivity index (χ3n) is 6.99. The number of carbonyl (C=O) groups excluding carboxylic acids is 3. The number of hydrogen-bond acceptors (Lipinski definition) is 6. The van der Waals surface area contributed by atoms with Gasteiger partial charge in [-0.05, 0) is 51.0 Å². The van der Waals surface area contributed by atoms with Crippen LogP contribution in [0.25, 0.3) is 0 Å². The molecule has 0 radical (unpaired) electrons. The van der Waals surface area contributed by atoms with Crippen LogP contribution < -0.4 is 4.90 Å². The smallest absolute Gasteiger partial charge is 0.312 e. The predicted molar refractivity (Wildman–Crippen MR) is 122 cm³/mol. The summed E-state index contributed by atoms with van der Waals surface area (Å²) >= 11 is 6.03. The molecule has 3 heterocycles. The topological polar surface area (TPSA) is 96.4 Å². The molecule has 1 aromatic carbocycles. The van der Waals surface area contributed by atoms with Crippen molar-refractivity contribution >= 4 is 35.1 Å². The molecule has 0 aliphatic carbocycles. The van der Waals surface area contributed by atoms with Crippen LogP contribution in [0.15, 0.2) is 36.9 Å². The average Bonchev–Trinajstić information content (AvgIpc) is 3.45. The van der Waals surface area contributed by atoms with E-state index < -0.39 is 41.6 Å². The number of fused-ring (bicyclic) bond motifs is 1. The van der Waals surface area contributed by atoms with Gasteiger partial charge in [0.15, 0.2) is 0 Å². The fraction of sp³-hybridized carbons (Fsp3) is 0.542. The first-order valence-corrected chi connectivity index (χ1v) is 11.6. The van der Waals surface area contributed by atoms with Gasteiger partial charge >= 0.3 is 5.97 Å². The lowest BCUT2D eigenvalue weighted by molar-refractivity contribution is -0.155. The minimum absolute atomic E-state index is 0.193. The molecule has 2 unspecified atom stereocenters. The first kappa shape index (κ1) is 23.7. The molecule has 1 spiro atoms. The van der Waals surface area contributed by atoms with E-state index in [1.807, 2.05) is 0 Å². The summed E-state index contributed by atoms with van der Waals surface area (Å²) < 4.78 is 11.6. The standard InChI is InChI=1S/C24H29ClN2O6/c1-4-12-26(16-8-6-15(25)7-9-16)22(30)20-24-11-10-17(33-24)18(23(31)32-5-2)19(24)21(29)27(20)14(3)13-28/h4,6-9,14,17-20,28H,1,5,10-13H2,2-3H3/t14-,17+,18-,19+,20?,24?/m1/s1. The van der Waals surface area contributed by atoms with Crippen molar-refractivity contribution in [3.05, 3.63) is 41.9 Å². The number of aliphatic hydroxyl groups is 1. The molecule has 2 bridgehead atoms. The Morgan fingerprint density at radius 1 is 1.42 bits per heavy atom. The van der Waals surface area contributed by atoms with E-state index in [2.05, 4.69) is 6.58 Å². The summed E-state index contributed by atoms with van der Waals surface area (Å²) in [5.74, 6) is -2.77. The molecular formula is C24H29ClN2O6. The van der Waals surface area contributed by atoms with Crippen molar-refractivity contribution < 1.29 is 29.0 Å². The van der Waals surface area contributed by atoms with Crippen LogP contribution in [0.2, 0.25) is 5.02 Å². The Bertz CT molecular complexity index is 953. The molecule has 8 nitrogen and oxygen atoms in total. The summed E-state index contributed by atoms with van der Waals surface area (Å²) in [7, 11) is 0. The van der Waals surface area contributed by atoms with Crippen LogP contribution in [-0.2, 0) is 23.9 Å². The number of anilines is 1. The van der Waals surface area contributed by atoms with Gasteiger partial charge in [0.2, 0.25) is 5.91 Å². The van der Waals surface area contributed by atoms with Crippen LogP contribution in [0, 0.1) is 11.8 Å². The molecule has 1 aromatic rings. The maximum Gasteiger partial charge on any atom is 0.312 e. The summed E-state index contributed by atoms with van der Waals surface area (Å²) in [5.41, 5.74) is -0.548. The Morgan fingerprint density at radius 3 is 2.73 bits per heavy atom. The van der Waals surface area contributed by atoms with Crippen molar-refractivity contribution in [3.8, 4) is 0 Å². The number of carbonyl (C=O) groups is 3. The van der Waals surface area contributed by atoms with Crippen molar-refractivity contribution in [3.63, 3.8) is 0 Å². The second-order valence-electron chi connectivity index (χ2n) is 8.80. The largest absolute Gasteiger partial charge is 0.466 e. The average molecular weight is 477 g/mol. The molecule has 3 fully saturated rings. The summed E-state index contributed by atoms with van der Waals surface area (Å²) in [6.07, 6.45) is 2.16. The highest BCUT2D eigenvalue weighted by Crippen LogP contribution is 2.59. The van der Waals surface area contributed by atoms with E-state index in [4.69, 9.17) is 21.1 Å². The van der Waals surface area contributed by atoms with Gasteiger partial charge in [0.1, 0.15) is 11.6 Å². The van der Waals surface area contributed by atoms with Gasteiger partial charge in [-0.15, -0.1) is 6.58 Å². The van der Waals surface area contributed by atoms with E-state index in [0.29, 0.717) is 23.6 Å². The normalized spacial score (nSPS) is 30.8. The first-order chi connectivity index (χ1) is 15.8. The lowest BCUT2D eigenvalue weighted by Gasteiger charge is -2.38. The molecule has 3 aliphatic rings. The Balaban J connectivity index is 1.78. The first-order valence-electron chi connectivity index (χ1n) is 11.3. The number of rotatable bonds is 8. The summed E-state index contributed by atoms with van der Waals surface area (Å²) in [5, 5.41) is 10.4. The third-order valence-corrected chi connectivity index (χ3v) is 7.24. The highest BCUT2D eigenvalue weighted by molar-refractivity contribution is 6.30. The van der Waals surface area contributed by atoms with E-state index in [9.17, 15) is 19.5 Å². The quantitative estimate of drug-likeness (QED) is 0.456. The molecule has 0 saturated carbocycles. The number of nitrogens with zero attached hydrogens (tertiary/aromatic N) is 2. The van der Waals surface area contributed by atoms with Crippen LogP contribution in [0.5, 0.6) is 0 Å². The molecular weight excluding hydrogens is 448 g/mol. The Labute approximate surface area is 198 Å². The van der Waals surface area contributed by atoms with Gasteiger partial charge in [-0.25, -0.2) is 0 Å². The second kappa shape index (κ2) is 9.08. The fourth-order valence-corrected chi connectivity index (χ4v) is 5.79. The molecule has 1 N–H and O–H groups in total. The summed E-state index contributed by atoms with van der Waals surface area (Å²) in [6.45, 7) is 7.24. The fourth-order valence-electron chi connectivity index (χ4n) is 5.66. The number of benzene rings is 1. The summed E-state index contributed by atoms with van der Waals surface area (Å²) in [6, 6.07) is 5.20. The SMILES string of the molecule is C=CCN(C(=O)C1N([C@H](C)CO)C(=O)[C@@H]2[C@H](C(=O)OCC)[C@@H]3CCC12O3)c1ccc(Cl)cc1. The molecule has 3 aliphatic heterocycles. The number of ether oxygens (including phenoxy) is 2. The molecule has 3 saturated heterocycles. The van der Waals surface area contributed by atoms with Gasteiger partial charge in [-0.2, -0.15) is 0 Å². The Kier molecular flexibility index (Phi) is 6.53. The second-order valence-corrected chi connectivity index (χ2v) is 9.24. The van der Waals surface area contributed by atoms with Crippen LogP contribution in [0.1, 0.15) is 26.7 Å². The third kappa shape index (κ3) is 3.64. The molecule has 4 rings (SSSR count). The number of esters is 1. The monoisotopic (exact) mass is 476 g/mol. The van der Waals surface area contributed by atoms with E-state index in [1.165, 1.54) is 9.80 Å². The zero-order valence-electron chi connectivity index (χ0n) is 18.8. The minimum Gasteiger partial charge on any atom is -0.466 e. The van der Waals surface area contributed by atoms with Gasteiger partial charge in [-0.3, -0.25) is 14.4 Å². The van der Waals surface area contributed by atoms with Crippen LogP contribution >= 0.6 is 11.6 Å². The molecule has 6 atom stereocenters. The van der Waals surface area contributed by atoms with E-state index >= 15 is 0 Å². The number of halogens is 1. The molecule has 9 heteroatoms. The predicted octanol–water partition coefficient (Wildman–Crippen LogP) is 2.18. The highest BCUT2D eigenvalue weighted by Gasteiger charge is 2.75. The highest BCUT2D eigenvalue weighted by atomic mass is 35.5. The van der Waals surface area contributed by atoms with Gasteiger partial charge in [-0.1, -0.05) is 17.7 Å². The molecule has 33 heavy (non-hydrogen) atoms. The van der Waals surface area contributed by atoms with Gasteiger partial charge < -0.3 is 24.4 Å². The molecule has 0 aromatic heterocycles. The Morgan fingerprint density at radius 2 is 2.12 bits per heavy atom. The van der Waals surface area contributed by atoms with Crippen molar-refractivity contribution in [2.45, 2.75) is 50.5 Å². The van der Waals surface area contributed by atoms with Gasteiger partial charge in [0.05, 0.1) is 37.2 Å². The van der Waals surface area contributed by atoms with Gasteiger partial charge in [0, 0.05) is 17.3 Å². The van der Waals surface area contributed by atoms with Crippen molar-refractivity contribution in [1.29, 1.82) is 0 Å². The van der Waals surface area contributed by atoms with E-state index in [-0.39, 0.29) is 31.6 Å². The maximum atomic E-state index is 14.1. The van der Waals surface area contributed by atoms with E-state index in [0.717, 1.165) is 0 Å². The number of aliphatic hydroxyl groups excluding tert-OH is 1. The zero-order valence-corrected chi connectivity index (χ0v) is 19.5. The lowest BCUT2D eigenvalue weighted by atomic mass is 9.70. The number of likely N-dealkylation sites (tertiary alicyclic amines) is 1.